The Kier molecular flexibility index (Phi) is 3.52. The lowest BCUT2D eigenvalue weighted by atomic mass is 9.96. The van der Waals surface area contributed by atoms with Gasteiger partial charge in [0.15, 0.2) is 17.3 Å². The largest absolute Gasteiger partial charge is 0.493 e. The third-order valence-corrected chi connectivity index (χ3v) is 3.60. The molecule has 0 spiro atoms. The molecule has 1 heterocycles. The lowest BCUT2D eigenvalue weighted by Gasteiger charge is -2.27. The summed E-state index contributed by atoms with van der Waals surface area (Å²) in [6.45, 7) is 0. The van der Waals surface area contributed by atoms with Gasteiger partial charge in [-0.05, 0) is 17.7 Å². The second kappa shape index (κ2) is 5.48. The van der Waals surface area contributed by atoms with Crippen molar-refractivity contribution in [3.63, 3.8) is 0 Å². The van der Waals surface area contributed by atoms with E-state index in [2.05, 4.69) is 0 Å². The van der Waals surface area contributed by atoms with Gasteiger partial charge < -0.3 is 14.2 Å². The van der Waals surface area contributed by atoms with Crippen LogP contribution < -0.4 is 14.2 Å². The first kappa shape index (κ1) is 13.5. The van der Waals surface area contributed by atoms with Crippen molar-refractivity contribution in [1.82, 2.24) is 0 Å². The van der Waals surface area contributed by atoms with Crippen molar-refractivity contribution < 1.29 is 19.0 Å². The maximum atomic E-state index is 12.4. The van der Waals surface area contributed by atoms with Crippen LogP contribution in [-0.2, 0) is 0 Å². The second-order valence-corrected chi connectivity index (χ2v) is 4.82. The maximum Gasteiger partial charge on any atom is 0.204 e. The van der Waals surface area contributed by atoms with E-state index in [9.17, 15) is 4.79 Å². The van der Waals surface area contributed by atoms with Crippen LogP contribution in [0.1, 0.15) is 28.4 Å². The van der Waals surface area contributed by atoms with Crippen LogP contribution in [0.5, 0.6) is 17.2 Å². The molecule has 0 N–H and O–H groups in total. The van der Waals surface area contributed by atoms with Gasteiger partial charge in [-0.3, -0.25) is 4.79 Å². The van der Waals surface area contributed by atoms with E-state index in [1.54, 1.807) is 19.2 Å². The Morgan fingerprint density at radius 3 is 2.48 bits per heavy atom. The van der Waals surface area contributed by atoms with E-state index in [0.29, 0.717) is 29.2 Å². The Morgan fingerprint density at radius 2 is 1.81 bits per heavy atom. The molecular formula is C17H16O4. The summed E-state index contributed by atoms with van der Waals surface area (Å²) < 4.78 is 16.7. The van der Waals surface area contributed by atoms with Gasteiger partial charge in [-0.1, -0.05) is 30.3 Å². The minimum atomic E-state index is -0.299. The minimum Gasteiger partial charge on any atom is -0.493 e. The van der Waals surface area contributed by atoms with Crippen LogP contribution in [0.2, 0.25) is 0 Å². The first-order valence-corrected chi connectivity index (χ1v) is 6.74. The number of benzene rings is 2. The average Bonchev–Trinajstić information content (AvgIpc) is 2.54. The molecule has 2 aromatic carbocycles. The van der Waals surface area contributed by atoms with Crippen LogP contribution in [0.15, 0.2) is 42.5 Å². The van der Waals surface area contributed by atoms with Crippen molar-refractivity contribution in [3.8, 4) is 17.2 Å². The molecule has 21 heavy (non-hydrogen) atoms. The SMILES string of the molecule is COc1ccc2c(c1OC)OC(c1ccccc1)CC2=O. The summed E-state index contributed by atoms with van der Waals surface area (Å²) in [5.41, 5.74) is 1.52. The minimum absolute atomic E-state index is 0.0473. The summed E-state index contributed by atoms with van der Waals surface area (Å²) in [7, 11) is 3.10. The number of rotatable bonds is 3. The lowest BCUT2D eigenvalue weighted by Crippen LogP contribution is -2.21. The fraction of sp³-hybridized carbons (Fsp3) is 0.235. The molecule has 1 unspecified atom stereocenters. The molecule has 1 atom stereocenters. The van der Waals surface area contributed by atoms with E-state index in [1.165, 1.54) is 7.11 Å². The molecule has 0 bridgehead atoms. The summed E-state index contributed by atoms with van der Waals surface area (Å²) in [4.78, 5) is 12.4. The summed E-state index contributed by atoms with van der Waals surface area (Å²) in [5.74, 6) is 1.52. The van der Waals surface area contributed by atoms with Gasteiger partial charge in [0.25, 0.3) is 0 Å². The number of methoxy groups -OCH3 is 2. The normalized spacial score (nSPS) is 16.9. The number of ketones is 1. The highest BCUT2D eigenvalue weighted by atomic mass is 16.5. The van der Waals surface area contributed by atoms with Gasteiger partial charge in [0.1, 0.15) is 6.10 Å². The van der Waals surface area contributed by atoms with Gasteiger partial charge in [-0.15, -0.1) is 0 Å². The van der Waals surface area contributed by atoms with Crippen LogP contribution in [0.25, 0.3) is 0 Å². The fourth-order valence-electron chi connectivity index (χ4n) is 2.55. The van der Waals surface area contributed by atoms with Gasteiger partial charge >= 0.3 is 0 Å². The summed E-state index contributed by atoms with van der Waals surface area (Å²) in [5, 5.41) is 0. The standard InChI is InChI=1S/C17H16O4/c1-19-14-9-8-12-13(18)10-15(11-6-4-3-5-7-11)21-16(12)17(14)20-2/h3-9,15H,10H2,1-2H3. The molecule has 0 saturated heterocycles. The topological polar surface area (TPSA) is 44.8 Å². The predicted octanol–water partition coefficient (Wildman–Crippen LogP) is 3.41. The number of hydrogen-bond donors (Lipinski definition) is 0. The molecule has 1 aliphatic rings. The van der Waals surface area contributed by atoms with Crippen molar-refractivity contribution in [2.45, 2.75) is 12.5 Å². The maximum absolute atomic E-state index is 12.4. The molecule has 2 aromatic rings. The number of ether oxygens (including phenoxy) is 3. The third kappa shape index (κ3) is 2.33. The molecule has 3 rings (SSSR count). The molecule has 4 heteroatoms. The smallest absolute Gasteiger partial charge is 0.204 e. The van der Waals surface area contributed by atoms with Gasteiger partial charge in [-0.2, -0.15) is 0 Å². The van der Waals surface area contributed by atoms with Gasteiger partial charge in [-0.25, -0.2) is 0 Å². The highest BCUT2D eigenvalue weighted by Gasteiger charge is 2.31. The fourth-order valence-corrected chi connectivity index (χ4v) is 2.55. The second-order valence-electron chi connectivity index (χ2n) is 4.82. The zero-order valence-electron chi connectivity index (χ0n) is 12.0. The lowest BCUT2D eigenvalue weighted by molar-refractivity contribution is 0.0841. The summed E-state index contributed by atoms with van der Waals surface area (Å²) in [6.07, 6.45) is 0.0270. The van der Waals surface area contributed by atoms with Crippen LogP contribution in [0.3, 0.4) is 0 Å². The van der Waals surface area contributed by atoms with E-state index < -0.39 is 0 Å². The first-order valence-electron chi connectivity index (χ1n) is 6.74. The van der Waals surface area contributed by atoms with Crippen molar-refractivity contribution in [2.75, 3.05) is 14.2 Å². The molecular weight excluding hydrogens is 268 g/mol. The van der Waals surface area contributed by atoms with E-state index in [0.717, 1.165) is 5.56 Å². The Bertz CT molecular complexity index is 664. The van der Waals surface area contributed by atoms with Gasteiger partial charge in [0.2, 0.25) is 5.75 Å². The Morgan fingerprint density at radius 1 is 1.05 bits per heavy atom. The van der Waals surface area contributed by atoms with Gasteiger partial charge in [0, 0.05) is 0 Å². The van der Waals surface area contributed by atoms with Crippen LogP contribution >= 0.6 is 0 Å². The van der Waals surface area contributed by atoms with Crippen molar-refractivity contribution >= 4 is 5.78 Å². The molecule has 0 radical (unpaired) electrons. The van der Waals surface area contributed by atoms with Crippen LogP contribution in [0.4, 0.5) is 0 Å². The molecule has 0 amide bonds. The van der Waals surface area contributed by atoms with Crippen molar-refractivity contribution in [1.29, 1.82) is 0 Å². The number of fused-ring (bicyclic) bond motifs is 1. The first-order chi connectivity index (χ1) is 10.2. The number of Topliss-reactive ketones (excluding diaryl/α,β-unsaturated/α-hetero) is 1. The Labute approximate surface area is 123 Å². The molecule has 4 nitrogen and oxygen atoms in total. The quantitative estimate of drug-likeness (QED) is 0.866. The van der Waals surface area contributed by atoms with Crippen LogP contribution in [-0.4, -0.2) is 20.0 Å². The van der Waals surface area contributed by atoms with Gasteiger partial charge in [0.05, 0.1) is 26.2 Å². The van der Waals surface area contributed by atoms with Crippen molar-refractivity contribution in [2.24, 2.45) is 0 Å². The Balaban J connectivity index is 2.06. The van der Waals surface area contributed by atoms with E-state index >= 15 is 0 Å². The highest BCUT2D eigenvalue weighted by molar-refractivity contribution is 6.01. The number of hydrogen-bond acceptors (Lipinski definition) is 4. The molecule has 108 valence electrons. The Hall–Kier alpha value is -2.49. The molecule has 0 aromatic heterocycles. The molecule has 0 aliphatic carbocycles. The van der Waals surface area contributed by atoms with Crippen LogP contribution in [0, 0.1) is 0 Å². The molecule has 0 fully saturated rings. The van der Waals surface area contributed by atoms with E-state index in [1.807, 2.05) is 30.3 Å². The highest BCUT2D eigenvalue weighted by Crippen LogP contribution is 2.45. The zero-order chi connectivity index (χ0) is 14.8. The average molecular weight is 284 g/mol. The molecule has 0 saturated carbocycles. The van der Waals surface area contributed by atoms with E-state index in [-0.39, 0.29) is 11.9 Å². The molecule has 1 aliphatic heterocycles. The zero-order valence-corrected chi connectivity index (χ0v) is 12.0. The number of carbonyl (C=O) groups excluding carboxylic acids is 1. The number of carbonyl (C=O) groups is 1. The monoisotopic (exact) mass is 284 g/mol. The predicted molar refractivity (Wildman–Crippen MR) is 78.3 cm³/mol. The van der Waals surface area contributed by atoms with Crippen molar-refractivity contribution in [3.05, 3.63) is 53.6 Å². The van der Waals surface area contributed by atoms with E-state index in [4.69, 9.17) is 14.2 Å². The third-order valence-electron chi connectivity index (χ3n) is 3.60. The summed E-state index contributed by atoms with van der Waals surface area (Å²) >= 11 is 0. The summed E-state index contributed by atoms with van der Waals surface area (Å²) in [6, 6.07) is 13.2.